The summed E-state index contributed by atoms with van der Waals surface area (Å²) in [7, 11) is -0.0774. The number of amides is 1. The first kappa shape index (κ1) is 24.6. The van der Waals surface area contributed by atoms with Gasteiger partial charge in [-0.05, 0) is 55.0 Å². The highest BCUT2D eigenvalue weighted by Crippen LogP contribution is 2.62. The van der Waals surface area contributed by atoms with Gasteiger partial charge in [-0.2, -0.15) is 0 Å². The number of rotatable bonds is 7. The monoisotopic (exact) mass is 538 g/mol. The minimum Gasteiger partial charge on any atom is -0.495 e. The van der Waals surface area contributed by atoms with Gasteiger partial charge in [-0.15, -0.1) is 0 Å². The quantitative estimate of drug-likeness (QED) is 0.468. The number of nitrogens with zero attached hydrogens (tertiary/aromatic N) is 2. The van der Waals surface area contributed by atoms with E-state index >= 15 is 0 Å². The van der Waals surface area contributed by atoms with E-state index < -0.39 is 15.9 Å². The average molecular weight is 539 g/mol. The molecule has 1 saturated carbocycles. The van der Waals surface area contributed by atoms with Crippen molar-refractivity contribution >= 4 is 27.4 Å². The molecule has 2 aliphatic carbocycles. The minimum atomic E-state index is -4.24. The number of ether oxygens (including phenoxy) is 2. The van der Waals surface area contributed by atoms with Crippen molar-refractivity contribution in [3.8, 4) is 22.8 Å². The molecule has 2 fully saturated rings. The molecule has 2 heterocycles. The Kier molecular flexibility index (Phi) is 5.60. The van der Waals surface area contributed by atoms with Gasteiger partial charge >= 0.3 is 0 Å². The number of benzene rings is 2. The van der Waals surface area contributed by atoms with Crippen LogP contribution >= 0.6 is 0 Å². The van der Waals surface area contributed by atoms with E-state index in [9.17, 15) is 13.2 Å². The highest BCUT2D eigenvalue weighted by molar-refractivity contribution is 7.93. The van der Waals surface area contributed by atoms with E-state index in [1.807, 2.05) is 0 Å². The number of hydrogen-bond donors (Lipinski definition) is 2. The number of fused-ring (bicyclic) bond motifs is 4. The fraction of sp³-hybridized carbons (Fsp3) is 0.407. The predicted molar refractivity (Wildman–Crippen MR) is 142 cm³/mol. The molecule has 10 nitrogen and oxygen atoms in total. The SMILES string of the molecule is CNC(=O)c1cc(OC)c(S(=O)(=O)Nc2noc3c2C[C@]2(C[C@H]2C)c2ccc(N4CCC4)cc2-3)c(OC)c1. The van der Waals surface area contributed by atoms with Gasteiger partial charge in [0.2, 0.25) is 0 Å². The van der Waals surface area contributed by atoms with Crippen molar-refractivity contribution in [2.75, 3.05) is 44.0 Å². The lowest BCUT2D eigenvalue weighted by Gasteiger charge is -2.34. The minimum absolute atomic E-state index is 0.0235. The van der Waals surface area contributed by atoms with Crippen molar-refractivity contribution in [2.45, 2.75) is 36.5 Å². The molecule has 0 unspecified atom stereocenters. The third-order valence-electron chi connectivity index (χ3n) is 8.19. The molecule has 3 aromatic rings. The van der Waals surface area contributed by atoms with Gasteiger partial charge in [0.05, 0.1) is 14.2 Å². The summed E-state index contributed by atoms with van der Waals surface area (Å²) < 4.78 is 46.6. The second kappa shape index (κ2) is 8.65. The first-order valence-corrected chi connectivity index (χ1v) is 14.1. The van der Waals surface area contributed by atoms with E-state index in [4.69, 9.17) is 14.0 Å². The molecule has 1 spiro atoms. The summed E-state index contributed by atoms with van der Waals surface area (Å²) in [4.78, 5) is 14.3. The standard InChI is InChI=1S/C27H30N4O6S/c1-15-13-27(15)14-19-23(18-12-17(6-7-20(18)27)31-8-5-9-31)37-29-25(19)30-38(33,34)24-21(35-3)10-16(26(32)28-2)11-22(24)36-4/h6-7,10-12,15H,5,8-9,13-14H2,1-4H3,(H,28,32)(H,29,30)/t15-,27+/m1/s1. The summed E-state index contributed by atoms with van der Waals surface area (Å²) in [5.41, 5.74) is 4.23. The molecule has 6 rings (SSSR count). The zero-order valence-electron chi connectivity index (χ0n) is 21.8. The second-order valence-electron chi connectivity index (χ2n) is 10.2. The van der Waals surface area contributed by atoms with Crippen molar-refractivity contribution in [3.05, 3.63) is 47.0 Å². The molecule has 200 valence electrons. The highest BCUT2D eigenvalue weighted by atomic mass is 32.2. The van der Waals surface area contributed by atoms with Crippen molar-refractivity contribution in [2.24, 2.45) is 5.92 Å². The van der Waals surface area contributed by atoms with Gasteiger partial charge in [-0.1, -0.05) is 18.1 Å². The Morgan fingerprint density at radius 1 is 1.16 bits per heavy atom. The van der Waals surface area contributed by atoms with Crippen molar-refractivity contribution in [3.63, 3.8) is 0 Å². The number of sulfonamides is 1. The summed E-state index contributed by atoms with van der Waals surface area (Å²) >= 11 is 0. The van der Waals surface area contributed by atoms with Gasteiger partial charge in [-0.25, -0.2) is 8.42 Å². The number of nitrogens with one attached hydrogen (secondary N) is 2. The fourth-order valence-electron chi connectivity index (χ4n) is 5.81. The lowest BCUT2D eigenvalue weighted by Crippen LogP contribution is -2.37. The average Bonchev–Trinajstić information content (AvgIpc) is 3.35. The van der Waals surface area contributed by atoms with Crippen LogP contribution < -0.4 is 24.4 Å². The largest absolute Gasteiger partial charge is 0.495 e. The molecule has 2 aromatic carbocycles. The van der Waals surface area contributed by atoms with Crippen molar-refractivity contribution in [1.82, 2.24) is 10.5 Å². The molecule has 0 bridgehead atoms. The van der Waals surface area contributed by atoms with E-state index in [0.717, 1.165) is 36.3 Å². The Hall–Kier alpha value is -3.73. The van der Waals surface area contributed by atoms with Gasteiger partial charge < -0.3 is 24.2 Å². The van der Waals surface area contributed by atoms with Gasteiger partial charge in [0, 0.05) is 47.9 Å². The summed E-state index contributed by atoms with van der Waals surface area (Å²) in [5.74, 6) is 0.760. The van der Waals surface area contributed by atoms with Crippen LogP contribution in [-0.4, -0.2) is 53.8 Å². The third-order valence-corrected chi connectivity index (χ3v) is 9.59. The van der Waals surface area contributed by atoms with Gasteiger partial charge in [0.25, 0.3) is 15.9 Å². The summed E-state index contributed by atoms with van der Waals surface area (Å²) in [6.45, 7) is 4.27. The van der Waals surface area contributed by atoms with E-state index in [2.05, 4.69) is 45.2 Å². The van der Waals surface area contributed by atoms with Crippen LogP contribution in [0.1, 0.15) is 41.3 Å². The first-order chi connectivity index (χ1) is 18.2. The van der Waals surface area contributed by atoms with Crippen LogP contribution in [0.2, 0.25) is 0 Å². The first-order valence-electron chi connectivity index (χ1n) is 12.6. The highest BCUT2D eigenvalue weighted by Gasteiger charge is 2.56. The normalized spacial score (nSPS) is 21.3. The Morgan fingerprint density at radius 3 is 2.39 bits per heavy atom. The Bertz CT molecular complexity index is 1540. The molecule has 1 aromatic heterocycles. The molecule has 0 radical (unpaired) electrons. The van der Waals surface area contributed by atoms with Crippen molar-refractivity contribution in [1.29, 1.82) is 0 Å². The number of carbonyl (C=O) groups is 1. The maximum absolute atomic E-state index is 13.7. The molecule has 2 atom stereocenters. The molecule has 3 aliphatic rings. The number of carbonyl (C=O) groups excluding carboxylic acids is 1. The molecule has 2 N–H and O–H groups in total. The molecular weight excluding hydrogens is 508 g/mol. The third kappa shape index (κ3) is 3.63. The smallest absolute Gasteiger partial charge is 0.270 e. The van der Waals surface area contributed by atoms with Gasteiger partial charge in [0.15, 0.2) is 16.5 Å². The number of methoxy groups -OCH3 is 2. The molecule has 1 amide bonds. The van der Waals surface area contributed by atoms with Crippen LogP contribution in [-0.2, 0) is 21.9 Å². The molecule has 38 heavy (non-hydrogen) atoms. The maximum Gasteiger partial charge on any atom is 0.270 e. The Labute approximate surface area is 221 Å². The molecule has 11 heteroatoms. The van der Waals surface area contributed by atoms with Gasteiger partial charge in [-0.3, -0.25) is 9.52 Å². The van der Waals surface area contributed by atoms with Crippen LogP contribution in [0, 0.1) is 5.92 Å². The lowest BCUT2D eigenvalue weighted by molar-refractivity contribution is 0.0962. The van der Waals surface area contributed by atoms with Crippen LogP contribution in [0.25, 0.3) is 11.3 Å². The topological polar surface area (TPSA) is 123 Å². The summed E-state index contributed by atoms with van der Waals surface area (Å²) in [6.07, 6.45) is 2.82. The number of aromatic nitrogens is 1. The molecule has 1 aliphatic heterocycles. The molecular formula is C27H30N4O6S. The summed E-state index contributed by atoms with van der Waals surface area (Å²) in [5, 5.41) is 6.70. The van der Waals surface area contributed by atoms with E-state index in [1.165, 1.54) is 45.4 Å². The van der Waals surface area contributed by atoms with E-state index in [-0.39, 0.29) is 33.2 Å². The second-order valence-corrected chi connectivity index (χ2v) is 11.9. The molecule has 1 saturated heterocycles. The maximum atomic E-state index is 13.7. The Morgan fingerprint density at radius 2 is 1.84 bits per heavy atom. The van der Waals surface area contributed by atoms with Crippen LogP contribution in [0.3, 0.4) is 0 Å². The van der Waals surface area contributed by atoms with Crippen molar-refractivity contribution < 1.29 is 27.2 Å². The predicted octanol–water partition coefficient (Wildman–Crippen LogP) is 3.56. The fourth-order valence-corrected chi connectivity index (χ4v) is 7.14. The summed E-state index contributed by atoms with van der Waals surface area (Å²) in [6, 6.07) is 9.25. The zero-order valence-corrected chi connectivity index (χ0v) is 22.6. The van der Waals surface area contributed by atoms with Crippen LogP contribution in [0.5, 0.6) is 11.5 Å². The van der Waals surface area contributed by atoms with Gasteiger partial charge in [0.1, 0.15) is 11.5 Å². The lowest BCUT2D eigenvalue weighted by atomic mass is 9.77. The Balaban J connectivity index is 1.42. The number of hydrogen-bond acceptors (Lipinski definition) is 8. The number of anilines is 2. The van der Waals surface area contributed by atoms with Crippen LogP contribution in [0.4, 0.5) is 11.5 Å². The van der Waals surface area contributed by atoms with E-state index in [0.29, 0.717) is 18.1 Å². The zero-order chi connectivity index (χ0) is 26.8. The van der Waals surface area contributed by atoms with E-state index in [1.54, 1.807) is 0 Å². The van der Waals surface area contributed by atoms with Crippen LogP contribution in [0.15, 0.2) is 39.8 Å².